The molecule has 1 N–H and O–H groups in total. The molecule has 2 aromatic heterocycles. The highest BCUT2D eigenvalue weighted by atomic mass is 19.1. The number of para-hydroxylation sites is 1. The van der Waals surface area contributed by atoms with Crippen LogP contribution in [0.2, 0.25) is 0 Å². The molecule has 0 radical (unpaired) electrons. The van der Waals surface area contributed by atoms with Gasteiger partial charge in [-0.15, -0.1) is 0 Å². The van der Waals surface area contributed by atoms with Gasteiger partial charge in [0, 0.05) is 18.6 Å². The van der Waals surface area contributed by atoms with Crippen molar-refractivity contribution in [3.05, 3.63) is 89.8 Å². The van der Waals surface area contributed by atoms with E-state index in [-0.39, 0.29) is 5.82 Å². The maximum absolute atomic E-state index is 12.3. The standard InChI is InChI=1S/C7H8O.C6H6FN.C6H7N/c1-6-4-2-3-5-7(6)8;1-5-2-3-8-4-6(5)7;1-6-2-4-7-5-3-6/h2-5,8H,1H3;2-4H,1H3;2-5H,1H3. The third-order valence-corrected chi connectivity index (χ3v) is 2.94. The van der Waals surface area contributed by atoms with Crippen molar-refractivity contribution in [1.82, 2.24) is 9.97 Å². The first-order valence-corrected chi connectivity index (χ1v) is 7.18. The number of phenols is 1. The number of aromatic nitrogens is 2. The van der Waals surface area contributed by atoms with Gasteiger partial charge in [-0.05, 0) is 61.7 Å². The molecule has 0 spiro atoms. The van der Waals surface area contributed by atoms with E-state index < -0.39 is 0 Å². The van der Waals surface area contributed by atoms with Crippen molar-refractivity contribution in [1.29, 1.82) is 0 Å². The number of aryl methyl sites for hydroxylation is 3. The molecule has 0 aliphatic rings. The average molecular weight is 312 g/mol. The van der Waals surface area contributed by atoms with Crippen LogP contribution < -0.4 is 0 Å². The summed E-state index contributed by atoms with van der Waals surface area (Å²) in [5, 5.41) is 8.92. The van der Waals surface area contributed by atoms with Crippen LogP contribution in [0.1, 0.15) is 16.7 Å². The topological polar surface area (TPSA) is 46.0 Å². The highest BCUT2D eigenvalue weighted by Gasteiger charge is 1.90. The number of hydrogen-bond donors (Lipinski definition) is 1. The van der Waals surface area contributed by atoms with Gasteiger partial charge in [-0.2, -0.15) is 0 Å². The van der Waals surface area contributed by atoms with E-state index in [0.29, 0.717) is 11.3 Å². The van der Waals surface area contributed by atoms with E-state index in [1.807, 2.05) is 44.2 Å². The van der Waals surface area contributed by atoms with Crippen LogP contribution in [0, 0.1) is 26.6 Å². The minimum Gasteiger partial charge on any atom is -0.508 e. The second kappa shape index (κ2) is 10.1. The minimum absolute atomic E-state index is 0.243. The molecule has 23 heavy (non-hydrogen) atoms. The Labute approximate surface area is 136 Å². The molecule has 0 unspecified atom stereocenters. The van der Waals surface area contributed by atoms with Crippen molar-refractivity contribution in [3.8, 4) is 5.75 Å². The zero-order valence-electron chi connectivity index (χ0n) is 13.6. The van der Waals surface area contributed by atoms with Gasteiger partial charge in [0.1, 0.15) is 11.6 Å². The van der Waals surface area contributed by atoms with Gasteiger partial charge in [-0.3, -0.25) is 9.97 Å². The number of nitrogens with zero attached hydrogens (tertiary/aromatic N) is 2. The molecule has 0 bridgehead atoms. The lowest BCUT2D eigenvalue weighted by atomic mass is 10.2. The lowest BCUT2D eigenvalue weighted by Crippen LogP contribution is -1.80. The first-order chi connectivity index (χ1) is 11.0. The Kier molecular flexibility index (Phi) is 8.00. The van der Waals surface area contributed by atoms with Crippen LogP contribution in [0.25, 0.3) is 0 Å². The molecule has 4 heteroatoms. The summed E-state index contributed by atoms with van der Waals surface area (Å²) in [5.74, 6) is 0.125. The van der Waals surface area contributed by atoms with Gasteiger partial charge < -0.3 is 5.11 Å². The first-order valence-electron chi connectivity index (χ1n) is 7.18. The van der Waals surface area contributed by atoms with Crippen LogP contribution in [0.4, 0.5) is 4.39 Å². The van der Waals surface area contributed by atoms with Gasteiger partial charge >= 0.3 is 0 Å². The van der Waals surface area contributed by atoms with Crippen LogP contribution in [0.15, 0.2) is 67.3 Å². The van der Waals surface area contributed by atoms with Crippen LogP contribution >= 0.6 is 0 Å². The largest absolute Gasteiger partial charge is 0.508 e. The third kappa shape index (κ3) is 7.71. The van der Waals surface area contributed by atoms with E-state index in [9.17, 15) is 4.39 Å². The molecule has 120 valence electrons. The lowest BCUT2D eigenvalue weighted by molar-refractivity contribution is 0.471. The van der Waals surface area contributed by atoms with Crippen LogP contribution in [0.3, 0.4) is 0 Å². The van der Waals surface area contributed by atoms with E-state index in [0.717, 1.165) is 5.56 Å². The summed E-state index contributed by atoms with van der Waals surface area (Å²) in [6.07, 6.45) is 6.35. The van der Waals surface area contributed by atoms with Crippen molar-refractivity contribution in [2.75, 3.05) is 0 Å². The quantitative estimate of drug-likeness (QED) is 0.659. The molecule has 0 aliphatic carbocycles. The Hall–Kier alpha value is -2.75. The molecule has 0 saturated heterocycles. The number of aromatic hydroxyl groups is 1. The van der Waals surface area contributed by atoms with Crippen molar-refractivity contribution >= 4 is 0 Å². The maximum Gasteiger partial charge on any atom is 0.144 e. The van der Waals surface area contributed by atoms with Gasteiger partial charge in [0.25, 0.3) is 0 Å². The summed E-state index contributed by atoms with van der Waals surface area (Å²) in [5.41, 5.74) is 2.82. The van der Waals surface area contributed by atoms with E-state index in [1.165, 1.54) is 11.8 Å². The predicted octanol–water partition coefficient (Wildman–Crippen LogP) is 4.62. The van der Waals surface area contributed by atoms with E-state index in [2.05, 4.69) is 9.97 Å². The molecule has 0 amide bonds. The number of hydrogen-bond acceptors (Lipinski definition) is 3. The van der Waals surface area contributed by atoms with Crippen LogP contribution in [-0.2, 0) is 0 Å². The van der Waals surface area contributed by atoms with E-state index in [4.69, 9.17) is 5.11 Å². The number of benzene rings is 1. The summed E-state index contributed by atoms with van der Waals surface area (Å²) in [6.45, 7) is 5.62. The summed E-state index contributed by atoms with van der Waals surface area (Å²) in [6, 6.07) is 12.8. The molecule has 3 nitrogen and oxygen atoms in total. The molecule has 3 aromatic rings. The fourth-order valence-corrected chi connectivity index (χ4v) is 1.43. The van der Waals surface area contributed by atoms with Crippen molar-refractivity contribution in [2.45, 2.75) is 20.8 Å². The second-order valence-corrected chi connectivity index (χ2v) is 4.94. The minimum atomic E-state index is -0.243. The molecule has 0 fully saturated rings. The Morgan fingerprint density at radius 3 is 1.74 bits per heavy atom. The van der Waals surface area contributed by atoms with Gasteiger partial charge in [0.05, 0.1) is 6.20 Å². The molecule has 1 aromatic carbocycles. The second-order valence-electron chi connectivity index (χ2n) is 4.94. The normalized spacial score (nSPS) is 9.04. The van der Waals surface area contributed by atoms with Crippen LogP contribution in [-0.4, -0.2) is 15.1 Å². The molecule has 0 aliphatic heterocycles. The van der Waals surface area contributed by atoms with Gasteiger partial charge in [-0.1, -0.05) is 18.2 Å². The average Bonchev–Trinajstić information content (AvgIpc) is 2.55. The Morgan fingerprint density at radius 1 is 0.783 bits per heavy atom. The maximum atomic E-state index is 12.3. The van der Waals surface area contributed by atoms with Crippen LogP contribution in [0.5, 0.6) is 5.75 Å². The summed E-state index contributed by atoms with van der Waals surface area (Å²) in [7, 11) is 0. The molecule has 0 saturated carbocycles. The van der Waals surface area contributed by atoms with E-state index >= 15 is 0 Å². The highest BCUT2D eigenvalue weighted by molar-refractivity contribution is 5.29. The Balaban J connectivity index is 0.000000173. The van der Waals surface area contributed by atoms with Crippen molar-refractivity contribution < 1.29 is 9.50 Å². The fraction of sp³-hybridized carbons (Fsp3) is 0.158. The first kappa shape index (κ1) is 18.3. The summed E-state index contributed by atoms with van der Waals surface area (Å²) >= 11 is 0. The lowest BCUT2D eigenvalue weighted by Gasteiger charge is -1.92. The van der Waals surface area contributed by atoms with Gasteiger partial charge in [0.2, 0.25) is 0 Å². The molecule has 3 rings (SSSR count). The highest BCUT2D eigenvalue weighted by Crippen LogP contribution is 2.12. The Morgan fingerprint density at radius 2 is 1.39 bits per heavy atom. The van der Waals surface area contributed by atoms with Crippen molar-refractivity contribution in [3.63, 3.8) is 0 Å². The number of pyridine rings is 2. The Bertz CT molecular complexity index is 617. The molecular weight excluding hydrogens is 291 g/mol. The monoisotopic (exact) mass is 312 g/mol. The third-order valence-electron chi connectivity index (χ3n) is 2.94. The molecular formula is C19H21FN2O. The SMILES string of the molecule is Cc1ccccc1O.Cc1ccncc1.Cc1ccncc1F. The summed E-state index contributed by atoms with van der Waals surface area (Å²) in [4.78, 5) is 7.42. The zero-order chi connectivity index (χ0) is 17.1. The zero-order valence-corrected chi connectivity index (χ0v) is 13.6. The molecule has 0 atom stereocenters. The summed E-state index contributed by atoms with van der Waals surface area (Å²) < 4.78 is 12.3. The number of rotatable bonds is 0. The van der Waals surface area contributed by atoms with Crippen molar-refractivity contribution in [2.24, 2.45) is 0 Å². The van der Waals surface area contributed by atoms with Gasteiger partial charge in [-0.25, -0.2) is 4.39 Å². The smallest absolute Gasteiger partial charge is 0.144 e. The number of halogens is 1. The van der Waals surface area contributed by atoms with Gasteiger partial charge in [0.15, 0.2) is 0 Å². The fourth-order valence-electron chi connectivity index (χ4n) is 1.43. The predicted molar refractivity (Wildman–Crippen MR) is 90.7 cm³/mol. The number of phenolic OH excluding ortho intramolecular Hbond substituents is 1. The molecule has 2 heterocycles. The van der Waals surface area contributed by atoms with E-state index in [1.54, 1.807) is 37.6 Å².